The Morgan fingerprint density at radius 1 is 1.53 bits per heavy atom. The minimum atomic E-state index is -0.202. The summed E-state index contributed by atoms with van der Waals surface area (Å²) in [6.07, 6.45) is 0. The molecule has 15 heavy (non-hydrogen) atoms. The van der Waals surface area contributed by atoms with Crippen LogP contribution in [-0.4, -0.2) is 20.5 Å². The summed E-state index contributed by atoms with van der Waals surface area (Å²) >= 11 is 0. The van der Waals surface area contributed by atoms with Crippen LogP contribution in [0.3, 0.4) is 0 Å². The topological polar surface area (TPSA) is 79.3 Å². The lowest BCUT2D eigenvalue weighted by Crippen LogP contribution is -2.15. The maximum atomic E-state index is 11.5. The summed E-state index contributed by atoms with van der Waals surface area (Å²) in [7, 11) is 0. The van der Waals surface area contributed by atoms with Gasteiger partial charge in [-0.3, -0.25) is 14.7 Å². The van der Waals surface area contributed by atoms with Crippen LogP contribution in [0.4, 0.5) is 5.82 Å². The zero-order valence-corrected chi connectivity index (χ0v) is 8.37. The number of carbonyl (C=O) groups is 1. The van der Waals surface area contributed by atoms with Gasteiger partial charge in [-0.05, 0) is 6.92 Å². The zero-order valence-electron chi connectivity index (χ0n) is 8.37. The number of carbonyl (C=O) groups excluding carboxylic acids is 1. The number of aromatic nitrogens is 3. The molecular weight excluding hydrogens is 196 g/mol. The van der Waals surface area contributed by atoms with E-state index in [1.807, 2.05) is 0 Å². The highest BCUT2D eigenvalue weighted by molar-refractivity contribution is 5.88. The molecule has 6 heteroatoms. The molecule has 0 fully saturated rings. The van der Waals surface area contributed by atoms with Crippen molar-refractivity contribution in [2.45, 2.75) is 13.8 Å². The van der Waals surface area contributed by atoms with Crippen LogP contribution in [0, 0.1) is 6.92 Å². The van der Waals surface area contributed by atoms with Crippen LogP contribution < -0.4 is 10.9 Å². The number of nitrogens with one attached hydrogen (secondary N) is 2. The van der Waals surface area contributed by atoms with Gasteiger partial charge in [0.2, 0.25) is 5.91 Å². The first kappa shape index (κ1) is 9.45. The quantitative estimate of drug-likeness (QED) is 0.703. The fourth-order valence-electron chi connectivity index (χ4n) is 1.36. The van der Waals surface area contributed by atoms with Crippen LogP contribution in [0.25, 0.3) is 5.65 Å². The van der Waals surface area contributed by atoms with E-state index in [4.69, 9.17) is 0 Å². The molecule has 0 aromatic carbocycles. The summed E-state index contributed by atoms with van der Waals surface area (Å²) in [6, 6.07) is 3.02. The first-order valence-electron chi connectivity index (χ1n) is 4.43. The normalized spacial score (nSPS) is 10.5. The average Bonchev–Trinajstić information content (AvgIpc) is 2.45. The summed E-state index contributed by atoms with van der Waals surface area (Å²) in [5, 5.41) is 5.28. The Morgan fingerprint density at radius 3 is 2.93 bits per heavy atom. The summed E-state index contributed by atoms with van der Waals surface area (Å²) in [4.78, 5) is 26.4. The van der Waals surface area contributed by atoms with Crippen molar-refractivity contribution in [1.82, 2.24) is 14.6 Å². The molecule has 2 N–H and O–H groups in total. The van der Waals surface area contributed by atoms with Crippen LogP contribution in [0.2, 0.25) is 0 Å². The van der Waals surface area contributed by atoms with Gasteiger partial charge in [0.1, 0.15) is 5.82 Å². The van der Waals surface area contributed by atoms with Gasteiger partial charge < -0.3 is 5.32 Å². The van der Waals surface area contributed by atoms with Gasteiger partial charge in [-0.2, -0.15) is 4.52 Å². The highest BCUT2D eigenvalue weighted by Crippen LogP contribution is 2.06. The second kappa shape index (κ2) is 3.23. The molecule has 2 aromatic heterocycles. The lowest BCUT2D eigenvalue weighted by atomic mass is 10.4. The van der Waals surface area contributed by atoms with Crippen molar-refractivity contribution in [2.24, 2.45) is 0 Å². The van der Waals surface area contributed by atoms with Gasteiger partial charge in [0, 0.05) is 24.8 Å². The maximum absolute atomic E-state index is 11.5. The Morgan fingerprint density at radius 2 is 2.27 bits per heavy atom. The Labute approximate surface area is 84.9 Å². The van der Waals surface area contributed by atoms with Crippen molar-refractivity contribution in [1.29, 1.82) is 0 Å². The lowest BCUT2D eigenvalue weighted by Gasteiger charge is -1.94. The zero-order chi connectivity index (χ0) is 11.0. The van der Waals surface area contributed by atoms with E-state index in [0.717, 1.165) is 0 Å². The fraction of sp³-hybridized carbons (Fsp3) is 0.222. The number of anilines is 1. The van der Waals surface area contributed by atoms with E-state index in [1.165, 1.54) is 17.5 Å². The third kappa shape index (κ3) is 1.74. The van der Waals surface area contributed by atoms with E-state index in [-0.39, 0.29) is 11.5 Å². The number of rotatable bonds is 1. The van der Waals surface area contributed by atoms with Gasteiger partial charge >= 0.3 is 0 Å². The predicted molar refractivity (Wildman–Crippen MR) is 54.9 cm³/mol. The summed E-state index contributed by atoms with van der Waals surface area (Å²) in [5.74, 6) is 0.254. The molecule has 2 rings (SSSR count). The molecule has 0 aliphatic heterocycles. The van der Waals surface area contributed by atoms with E-state index >= 15 is 0 Å². The SMILES string of the molecule is CC(=O)Nc1cc2nc(C)cc(=O)n2[nH]1. The number of fused-ring (bicyclic) bond motifs is 1. The Kier molecular flexibility index (Phi) is 2.03. The van der Waals surface area contributed by atoms with Crippen LogP contribution in [-0.2, 0) is 4.79 Å². The minimum absolute atomic E-state index is 0.200. The number of H-pyrrole nitrogens is 1. The van der Waals surface area contributed by atoms with Gasteiger partial charge in [0.15, 0.2) is 5.65 Å². The van der Waals surface area contributed by atoms with Gasteiger partial charge in [-0.15, -0.1) is 0 Å². The van der Waals surface area contributed by atoms with Gasteiger partial charge in [-0.25, -0.2) is 4.98 Å². The molecule has 0 saturated heterocycles. The van der Waals surface area contributed by atoms with Crippen molar-refractivity contribution < 1.29 is 4.79 Å². The van der Waals surface area contributed by atoms with E-state index in [1.54, 1.807) is 13.0 Å². The van der Waals surface area contributed by atoms with Crippen molar-refractivity contribution >= 4 is 17.4 Å². The van der Waals surface area contributed by atoms with E-state index in [0.29, 0.717) is 17.2 Å². The van der Waals surface area contributed by atoms with E-state index < -0.39 is 0 Å². The van der Waals surface area contributed by atoms with Gasteiger partial charge in [0.05, 0.1) is 0 Å². The number of aromatic amines is 1. The molecule has 0 radical (unpaired) electrons. The largest absolute Gasteiger partial charge is 0.311 e. The molecule has 0 atom stereocenters. The molecular formula is C9H10N4O2. The second-order valence-electron chi connectivity index (χ2n) is 3.28. The standard InChI is InChI=1S/C9H10N4O2/c1-5-3-9(15)13-8(10-5)4-7(12-13)11-6(2)14/h3-4,12H,1-2H3,(H,11,14). The molecule has 0 bridgehead atoms. The number of hydrogen-bond acceptors (Lipinski definition) is 3. The molecule has 2 aromatic rings. The summed E-state index contributed by atoms with van der Waals surface area (Å²) in [5.41, 5.74) is 0.936. The van der Waals surface area contributed by atoms with E-state index in [9.17, 15) is 9.59 Å². The maximum Gasteiger partial charge on any atom is 0.272 e. The Hall–Kier alpha value is -2.11. The first-order valence-corrected chi connectivity index (χ1v) is 4.43. The molecule has 78 valence electrons. The molecule has 2 heterocycles. The molecule has 0 spiro atoms. The second-order valence-corrected chi connectivity index (χ2v) is 3.28. The number of hydrogen-bond donors (Lipinski definition) is 2. The predicted octanol–water partition coefficient (Wildman–Crippen LogP) is 0.289. The van der Waals surface area contributed by atoms with Crippen molar-refractivity contribution in [3.05, 3.63) is 28.2 Å². The molecule has 1 amide bonds. The number of nitrogens with zero attached hydrogens (tertiary/aromatic N) is 2. The smallest absolute Gasteiger partial charge is 0.272 e. The lowest BCUT2D eigenvalue weighted by molar-refractivity contribution is -0.114. The molecule has 0 unspecified atom stereocenters. The molecule has 0 aliphatic carbocycles. The average molecular weight is 206 g/mol. The number of aryl methyl sites for hydroxylation is 1. The molecule has 6 nitrogen and oxygen atoms in total. The van der Waals surface area contributed by atoms with E-state index in [2.05, 4.69) is 15.4 Å². The number of amides is 1. The third-order valence-electron chi connectivity index (χ3n) is 1.89. The van der Waals surface area contributed by atoms with Crippen LogP contribution >= 0.6 is 0 Å². The summed E-state index contributed by atoms with van der Waals surface area (Å²) in [6.45, 7) is 3.14. The molecule has 0 saturated carbocycles. The Balaban J connectivity index is 2.60. The first-order chi connectivity index (χ1) is 7.06. The van der Waals surface area contributed by atoms with Gasteiger partial charge in [0.25, 0.3) is 5.56 Å². The van der Waals surface area contributed by atoms with Crippen molar-refractivity contribution in [3.63, 3.8) is 0 Å². The Bertz CT molecular complexity index is 581. The monoisotopic (exact) mass is 206 g/mol. The van der Waals surface area contributed by atoms with Crippen LogP contribution in [0.5, 0.6) is 0 Å². The highest BCUT2D eigenvalue weighted by atomic mass is 16.1. The van der Waals surface area contributed by atoms with Crippen LogP contribution in [0.15, 0.2) is 16.9 Å². The van der Waals surface area contributed by atoms with Gasteiger partial charge in [-0.1, -0.05) is 0 Å². The van der Waals surface area contributed by atoms with Crippen LogP contribution in [0.1, 0.15) is 12.6 Å². The van der Waals surface area contributed by atoms with Crippen molar-refractivity contribution in [2.75, 3.05) is 5.32 Å². The highest BCUT2D eigenvalue weighted by Gasteiger charge is 2.04. The summed E-state index contributed by atoms with van der Waals surface area (Å²) < 4.78 is 1.28. The van der Waals surface area contributed by atoms with Crippen molar-refractivity contribution in [3.8, 4) is 0 Å². The molecule has 0 aliphatic rings. The third-order valence-corrected chi connectivity index (χ3v) is 1.89. The minimum Gasteiger partial charge on any atom is -0.311 e. The fourth-order valence-corrected chi connectivity index (χ4v) is 1.36.